The molecule has 0 spiro atoms. The van der Waals surface area contributed by atoms with E-state index in [1.807, 2.05) is 44.2 Å². The van der Waals surface area contributed by atoms with Crippen LogP contribution in [0.1, 0.15) is 31.9 Å². The molecule has 2 rings (SSSR count). The lowest BCUT2D eigenvalue weighted by atomic mass is 9.89. The van der Waals surface area contributed by atoms with Gasteiger partial charge >= 0.3 is 0 Å². The zero-order chi connectivity index (χ0) is 21.6. The minimum atomic E-state index is -1.21. The van der Waals surface area contributed by atoms with E-state index < -0.39 is 5.41 Å². The molecule has 0 fully saturated rings. The Balaban J connectivity index is 2.13. The highest BCUT2D eigenvalue weighted by Crippen LogP contribution is 2.28. The monoisotopic (exact) mass is 398 g/mol. The Hall–Kier alpha value is -3.02. The van der Waals surface area contributed by atoms with Crippen molar-refractivity contribution in [1.82, 2.24) is 5.32 Å². The first-order valence-corrected chi connectivity index (χ1v) is 9.62. The summed E-state index contributed by atoms with van der Waals surface area (Å²) in [6, 6.07) is 13.1. The number of aryl methyl sites for hydroxylation is 1. The molecule has 29 heavy (non-hydrogen) atoms. The summed E-state index contributed by atoms with van der Waals surface area (Å²) in [6.45, 7) is 7.94. The van der Waals surface area contributed by atoms with Crippen LogP contribution in [0.25, 0.3) is 0 Å². The summed E-state index contributed by atoms with van der Waals surface area (Å²) in [5, 5.41) is 2.87. The molecule has 1 N–H and O–H groups in total. The molecule has 0 bridgehead atoms. The number of nitrogens with one attached hydrogen (secondary N) is 1. The number of methoxy groups -OCH3 is 2. The van der Waals surface area contributed by atoms with E-state index in [0.717, 1.165) is 16.8 Å². The molecule has 0 heterocycles. The zero-order valence-corrected chi connectivity index (χ0v) is 18.0. The highest BCUT2D eigenvalue weighted by molar-refractivity contribution is 6.11. The summed E-state index contributed by atoms with van der Waals surface area (Å²) in [5.74, 6) is 0.639. The van der Waals surface area contributed by atoms with E-state index in [-0.39, 0.29) is 18.4 Å². The highest BCUT2D eigenvalue weighted by Gasteiger charge is 2.39. The zero-order valence-electron chi connectivity index (χ0n) is 18.0. The van der Waals surface area contributed by atoms with E-state index in [1.54, 1.807) is 45.1 Å². The molecule has 0 unspecified atom stereocenters. The number of carbonyl (C=O) groups excluding carboxylic acids is 2. The fourth-order valence-electron chi connectivity index (χ4n) is 3.07. The van der Waals surface area contributed by atoms with E-state index >= 15 is 0 Å². The molecule has 0 aliphatic heterocycles. The number of anilines is 1. The average Bonchev–Trinajstić information content (AvgIpc) is 2.72. The number of ether oxygens (including phenoxy) is 2. The van der Waals surface area contributed by atoms with Crippen molar-refractivity contribution in [2.24, 2.45) is 5.41 Å². The van der Waals surface area contributed by atoms with Crippen molar-refractivity contribution >= 4 is 17.5 Å². The Labute approximate surface area is 172 Å². The predicted molar refractivity (Wildman–Crippen MR) is 114 cm³/mol. The van der Waals surface area contributed by atoms with Crippen molar-refractivity contribution in [1.29, 1.82) is 0 Å². The smallest absolute Gasteiger partial charge is 0.242 e. The summed E-state index contributed by atoms with van der Waals surface area (Å²) in [5.41, 5.74) is 1.49. The Bertz CT molecular complexity index is 877. The molecule has 156 valence electrons. The largest absolute Gasteiger partial charge is 0.493 e. The van der Waals surface area contributed by atoms with Gasteiger partial charge < -0.3 is 19.7 Å². The Morgan fingerprint density at radius 2 is 1.72 bits per heavy atom. The molecular weight excluding hydrogens is 368 g/mol. The van der Waals surface area contributed by atoms with Gasteiger partial charge in [0.05, 0.1) is 14.2 Å². The molecule has 0 radical (unpaired) electrons. The number of carbonyl (C=O) groups is 2. The van der Waals surface area contributed by atoms with Crippen molar-refractivity contribution in [2.75, 3.05) is 25.7 Å². The lowest BCUT2D eigenvalue weighted by Crippen LogP contribution is -2.49. The first-order chi connectivity index (χ1) is 13.7. The number of hydrogen-bond acceptors (Lipinski definition) is 4. The second-order valence-electron chi connectivity index (χ2n) is 7.39. The minimum Gasteiger partial charge on any atom is -0.493 e. The topological polar surface area (TPSA) is 67.9 Å². The minimum absolute atomic E-state index is 0.240. The van der Waals surface area contributed by atoms with Crippen LogP contribution in [0, 0.1) is 12.3 Å². The van der Waals surface area contributed by atoms with E-state index in [1.165, 1.54) is 0 Å². The van der Waals surface area contributed by atoms with Crippen molar-refractivity contribution in [2.45, 2.75) is 34.2 Å². The molecule has 0 saturated heterocycles. The summed E-state index contributed by atoms with van der Waals surface area (Å²) in [7, 11) is 3.13. The molecular formula is C23H30N2O4. The van der Waals surface area contributed by atoms with Gasteiger partial charge in [-0.05, 0) is 63.1 Å². The number of nitrogens with zero attached hydrogens (tertiary/aromatic N) is 1. The quantitative estimate of drug-likeness (QED) is 0.689. The normalized spacial score (nSPS) is 11.0. The average molecular weight is 399 g/mol. The van der Waals surface area contributed by atoms with Gasteiger partial charge in [-0.3, -0.25) is 9.59 Å². The van der Waals surface area contributed by atoms with Crippen LogP contribution in [0.3, 0.4) is 0 Å². The second kappa shape index (κ2) is 9.45. The van der Waals surface area contributed by atoms with Gasteiger partial charge in [0.25, 0.3) is 0 Å². The molecule has 6 nitrogen and oxygen atoms in total. The lowest BCUT2D eigenvalue weighted by Gasteiger charge is -2.30. The van der Waals surface area contributed by atoms with Crippen LogP contribution < -0.4 is 19.7 Å². The van der Waals surface area contributed by atoms with Crippen LogP contribution in [0.2, 0.25) is 0 Å². The van der Waals surface area contributed by atoms with Crippen LogP contribution in [-0.2, 0) is 16.1 Å². The second-order valence-corrected chi connectivity index (χ2v) is 7.39. The highest BCUT2D eigenvalue weighted by atomic mass is 16.5. The van der Waals surface area contributed by atoms with Gasteiger partial charge in [-0.15, -0.1) is 0 Å². The van der Waals surface area contributed by atoms with E-state index in [4.69, 9.17) is 9.47 Å². The molecule has 2 aromatic carbocycles. The number of rotatable bonds is 8. The fraction of sp³-hybridized carbons (Fsp3) is 0.391. The van der Waals surface area contributed by atoms with Crippen LogP contribution in [0.4, 0.5) is 5.69 Å². The predicted octanol–water partition coefficient (Wildman–Crippen LogP) is 3.71. The van der Waals surface area contributed by atoms with Crippen molar-refractivity contribution in [3.63, 3.8) is 0 Å². The lowest BCUT2D eigenvalue weighted by molar-refractivity contribution is -0.139. The van der Waals surface area contributed by atoms with Crippen LogP contribution in [0.15, 0.2) is 42.5 Å². The maximum Gasteiger partial charge on any atom is 0.242 e. The Morgan fingerprint density at radius 3 is 2.31 bits per heavy atom. The molecule has 2 amide bonds. The van der Waals surface area contributed by atoms with Crippen LogP contribution in [0.5, 0.6) is 11.5 Å². The van der Waals surface area contributed by atoms with Crippen LogP contribution in [-0.4, -0.2) is 32.6 Å². The van der Waals surface area contributed by atoms with Crippen molar-refractivity contribution < 1.29 is 19.1 Å². The van der Waals surface area contributed by atoms with Gasteiger partial charge in [-0.1, -0.05) is 18.2 Å². The first-order valence-electron chi connectivity index (χ1n) is 9.62. The number of benzene rings is 2. The molecule has 6 heteroatoms. The summed E-state index contributed by atoms with van der Waals surface area (Å²) >= 11 is 0. The molecule has 0 saturated carbocycles. The molecule has 2 aromatic rings. The third-order valence-corrected chi connectivity index (χ3v) is 4.88. The van der Waals surface area contributed by atoms with Gasteiger partial charge in [0.1, 0.15) is 5.41 Å². The Kier molecular flexibility index (Phi) is 7.26. The van der Waals surface area contributed by atoms with Gasteiger partial charge in [-0.25, -0.2) is 0 Å². The number of hydrogen-bond donors (Lipinski definition) is 1. The summed E-state index contributed by atoms with van der Waals surface area (Å²) in [4.78, 5) is 27.7. The molecule has 0 aliphatic rings. The van der Waals surface area contributed by atoms with Gasteiger partial charge in [0.15, 0.2) is 11.5 Å². The molecule has 0 aromatic heterocycles. The molecule has 0 atom stereocenters. The first kappa shape index (κ1) is 22.3. The van der Waals surface area contributed by atoms with Gasteiger partial charge in [-0.2, -0.15) is 0 Å². The molecule has 0 aliphatic carbocycles. The SMILES string of the molecule is CCN(C(=O)C(C)(C)C(=O)NCc1ccc(OC)c(OC)c1)c1cccc(C)c1. The van der Waals surface area contributed by atoms with E-state index in [9.17, 15) is 9.59 Å². The van der Waals surface area contributed by atoms with E-state index in [0.29, 0.717) is 18.0 Å². The standard InChI is InChI=1S/C23H30N2O4/c1-7-25(18-10-8-9-16(2)13-18)22(27)23(3,4)21(26)24-15-17-11-12-19(28-5)20(14-17)29-6/h8-14H,7,15H2,1-6H3,(H,24,26). The van der Waals surface area contributed by atoms with Gasteiger partial charge in [0.2, 0.25) is 11.8 Å². The summed E-state index contributed by atoms with van der Waals surface area (Å²) in [6.07, 6.45) is 0. The van der Waals surface area contributed by atoms with E-state index in [2.05, 4.69) is 5.32 Å². The summed E-state index contributed by atoms with van der Waals surface area (Å²) < 4.78 is 10.5. The van der Waals surface area contributed by atoms with Gasteiger partial charge in [0, 0.05) is 18.8 Å². The maximum atomic E-state index is 13.2. The Morgan fingerprint density at radius 1 is 1.03 bits per heavy atom. The van der Waals surface area contributed by atoms with Crippen molar-refractivity contribution in [3.05, 3.63) is 53.6 Å². The fourth-order valence-corrected chi connectivity index (χ4v) is 3.07. The third kappa shape index (κ3) is 5.08. The maximum absolute atomic E-state index is 13.2. The number of amides is 2. The third-order valence-electron chi connectivity index (χ3n) is 4.88. The van der Waals surface area contributed by atoms with Crippen molar-refractivity contribution in [3.8, 4) is 11.5 Å². The van der Waals surface area contributed by atoms with Crippen LogP contribution >= 0.6 is 0 Å².